The smallest absolute Gasteiger partial charge is 0.224 e. The summed E-state index contributed by atoms with van der Waals surface area (Å²) in [7, 11) is 0. The average molecular weight is 332 g/mol. The summed E-state index contributed by atoms with van der Waals surface area (Å²) in [5.74, 6) is 0.0857. The van der Waals surface area contributed by atoms with Crippen molar-refractivity contribution in [2.45, 2.75) is 51.0 Å². The molecule has 1 saturated heterocycles. The number of nitrogens with one attached hydrogen (secondary N) is 1. The highest BCUT2D eigenvalue weighted by atomic mass is 19.1. The van der Waals surface area contributed by atoms with Crippen molar-refractivity contribution in [1.29, 1.82) is 0 Å². The molecule has 1 aliphatic carbocycles. The highest BCUT2D eigenvalue weighted by molar-refractivity contribution is 5.83. The van der Waals surface area contributed by atoms with Gasteiger partial charge >= 0.3 is 0 Å². The number of hydrogen-bond donors (Lipinski definition) is 1. The minimum atomic E-state index is -0.249. The summed E-state index contributed by atoms with van der Waals surface area (Å²) in [5.41, 5.74) is 1.01. The molecule has 2 amide bonds. The van der Waals surface area contributed by atoms with Gasteiger partial charge in [0.15, 0.2) is 0 Å². The molecule has 1 heterocycles. The third kappa shape index (κ3) is 4.34. The Morgan fingerprint density at radius 2 is 1.88 bits per heavy atom. The van der Waals surface area contributed by atoms with Crippen LogP contribution >= 0.6 is 0 Å². The molecule has 0 spiro atoms. The van der Waals surface area contributed by atoms with Gasteiger partial charge in [0.1, 0.15) is 5.82 Å². The lowest BCUT2D eigenvalue weighted by Gasteiger charge is -2.23. The lowest BCUT2D eigenvalue weighted by Crippen LogP contribution is -2.41. The standard InChI is InChI=1S/C19H25FN2O2/c20-16-8-6-14(7-9-16)10-11-22-13-17(12-18(22)23)21-19(24)15-4-2-1-3-5-15/h6-9,15,17H,1-5,10-13H2,(H,21,24). The topological polar surface area (TPSA) is 49.4 Å². The largest absolute Gasteiger partial charge is 0.351 e. The van der Waals surface area contributed by atoms with E-state index in [1.165, 1.54) is 18.6 Å². The molecular weight excluding hydrogens is 307 g/mol. The molecule has 1 aromatic carbocycles. The van der Waals surface area contributed by atoms with Crippen LogP contribution < -0.4 is 5.32 Å². The quantitative estimate of drug-likeness (QED) is 0.901. The number of carbonyl (C=O) groups is 2. The molecule has 4 nitrogen and oxygen atoms in total. The van der Waals surface area contributed by atoms with Gasteiger partial charge in [-0.25, -0.2) is 4.39 Å². The molecule has 1 saturated carbocycles. The van der Waals surface area contributed by atoms with Crippen molar-refractivity contribution >= 4 is 11.8 Å². The molecular formula is C19H25FN2O2. The predicted octanol–water partition coefficient (Wildman–Crippen LogP) is 2.67. The normalized spacial score (nSPS) is 22.0. The van der Waals surface area contributed by atoms with E-state index in [4.69, 9.17) is 0 Å². The van der Waals surface area contributed by atoms with Crippen LogP contribution in [0.5, 0.6) is 0 Å². The second kappa shape index (κ2) is 7.77. The van der Waals surface area contributed by atoms with Gasteiger partial charge in [-0.2, -0.15) is 0 Å². The van der Waals surface area contributed by atoms with Gasteiger partial charge in [-0.1, -0.05) is 31.4 Å². The first-order valence-corrected chi connectivity index (χ1v) is 8.94. The number of halogens is 1. The lowest BCUT2D eigenvalue weighted by atomic mass is 9.88. The Labute approximate surface area is 142 Å². The summed E-state index contributed by atoms with van der Waals surface area (Å²) >= 11 is 0. The van der Waals surface area contributed by atoms with Gasteiger partial charge in [-0.3, -0.25) is 9.59 Å². The summed E-state index contributed by atoms with van der Waals surface area (Å²) in [6.45, 7) is 1.19. The second-order valence-electron chi connectivity index (χ2n) is 6.96. The van der Waals surface area contributed by atoms with Crippen molar-refractivity contribution in [1.82, 2.24) is 10.2 Å². The van der Waals surface area contributed by atoms with Crippen molar-refractivity contribution in [3.05, 3.63) is 35.6 Å². The summed E-state index contributed by atoms with van der Waals surface area (Å²) in [5, 5.41) is 3.06. The van der Waals surface area contributed by atoms with E-state index < -0.39 is 0 Å². The summed E-state index contributed by atoms with van der Waals surface area (Å²) in [4.78, 5) is 26.2. The lowest BCUT2D eigenvalue weighted by molar-refractivity contribution is -0.127. The number of likely N-dealkylation sites (tertiary alicyclic amines) is 1. The molecule has 5 heteroatoms. The van der Waals surface area contributed by atoms with Gasteiger partial charge in [0.25, 0.3) is 0 Å². The number of benzene rings is 1. The van der Waals surface area contributed by atoms with Crippen LogP contribution in [0.3, 0.4) is 0 Å². The van der Waals surface area contributed by atoms with E-state index in [0.717, 1.165) is 31.2 Å². The van der Waals surface area contributed by atoms with Gasteiger partial charge in [0, 0.05) is 25.4 Å². The number of hydrogen-bond acceptors (Lipinski definition) is 2. The summed E-state index contributed by atoms with van der Waals surface area (Å²) in [6, 6.07) is 6.30. The van der Waals surface area contributed by atoms with E-state index in [2.05, 4.69) is 5.32 Å². The summed E-state index contributed by atoms with van der Waals surface area (Å²) < 4.78 is 12.9. The van der Waals surface area contributed by atoms with Crippen LogP contribution in [0.4, 0.5) is 4.39 Å². The SMILES string of the molecule is O=C(NC1CC(=O)N(CCc2ccc(F)cc2)C1)C1CCCCC1. The molecule has 0 bridgehead atoms. The molecule has 1 N–H and O–H groups in total. The van der Waals surface area contributed by atoms with E-state index in [-0.39, 0.29) is 29.6 Å². The van der Waals surface area contributed by atoms with Gasteiger partial charge in [0.2, 0.25) is 11.8 Å². The molecule has 0 aromatic heterocycles. The molecule has 24 heavy (non-hydrogen) atoms. The first-order chi connectivity index (χ1) is 11.6. The zero-order valence-corrected chi connectivity index (χ0v) is 14.0. The van der Waals surface area contributed by atoms with E-state index in [9.17, 15) is 14.0 Å². The Morgan fingerprint density at radius 3 is 2.58 bits per heavy atom. The Morgan fingerprint density at radius 1 is 1.17 bits per heavy atom. The van der Waals surface area contributed by atoms with Crippen LogP contribution in [-0.4, -0.2) is 35.8 Å². The maximum Gasteiger partial charge on any atom is 0.224 e. The minimum Gasteiger partial charge on any atom is -0.351 e. The zero-order valence-electron chi connectivity index (χ0n) is 14.0. The van der Waals surface area contributed by atoms with Gasteiger partial charge in [-0.05, 0) is 37.0 Å². The number of carbonyl (C=O) groups excluding carboxylic acids is 2. The Bertz CT molecular complexity index is 582. The minimum absolute atomic E-state index is 0.0693. The van der Waals surface area contributed by atoms with E-state index in [1.807, 2.05) is 0 Å². The first kappa shape index (κ1) is 16.9. The average Bonchev–Trinajstić information content (AvgIpc) is 2.94. The highest BCUT2D eigenvalue weighted by Gasteiger charge is 2.32. The highest BCUT2D eigenvalue weighted by Crippen LogP contribution is 2.24. The Kier molecular flexibility index (Phi) is 5.48. The number of rotatable bonds is 5. The second-order valence-corrected chi connectivity index (χ2v) is 6.96. The molecule has 1 aromatic rings. The summed E-state index contributed by atoms with van der Waals surface area (Å²) in [6.07, 6.45) is 6.53. The van der Waals surface area contributed by atoms with Crippen molar-refractivity contribution in [3.8, 4) is 0 Å². The predicted molar refractivity (Wildman–Crippen MR) is 89.8 cm³/mol. The molecule has 1 aliphatic heterocycles. The van der Waals surface area contributed by atoms with Crippen molar-refractivity contribution in [2.24, 2.45) is 5.92 Å². The van der Waals surface area contributed by atoms with E-state index in [1.54, 1.807) is 17.0 Å². The van der Waals surface area contributed by atoms with Crippen LogP contribution in [-0.2, 0) is 16.0 Å². The maximum atomic E-state index is 12.9. The van der Waals surface area contributed by atoms with Crippen molar-refractivity contribution < 1.29 is 14.0 Å². The zero-order chi connectivity index (χ0) is 16.9. The number of amides is 2. The van der Waals surface area contributed by atoms with Gasteiger partial charge < -0.3 is 10.2 Å². The van der Waals surface area contributed by atoms with Crippen LogP contribution in [0.25, 0.3) is 0 Å². The first-order valence-electron chi connectivity index (χ1n) is 8.94. The monoisotopic (exact) mass is 332 g/mol. The molecule has 3 rings (SSSR count). The molecule has 2 fully saturated rings. The van der Waals surface area contributed by atoms with Gasteiger partial charge in [0.05, 0.1) is 6.04 Å². The van der Waals surface area contributed by atoms with Gasteiger partial charge in [-0.15, -0.1) is 0 Å². The number of nitrogens with zero attached hydrogens (tertiary/aromatic N) is 1. The molecule has 2 aliphatic rings. The fraction of sp³-hybridized carbons (Fsp3) is 0.579. The van der Waals surface area contributed by atoms with E-state index >= 15 is 0 Å². The van der Waals surface area contributed by atoms with Crippen molar-refractivity contribution in [3.63, 3.8) is 0 Å². The van der Waals surface area contributed by atoms with Crippen LogP contribution in [0.1, 0.15) is 44.1 Å². The molecule has 130 valence electrons. The fourth-order valence-electron chi connectivity index (χ4n) is 3.68. The van der Waals surface area contributed by atoms with Crippen LogP contribution in [0.15, 0.2) is 24.3 Å². The molecule has 1 unspecified atom stereocenters. The van der Waals surface area contributed by atoms with E-state index in [0.29, 0.717) is 25.9 Å². The fourth-order valence-corrected chi connectivity index (χ4v) is 3.68. The maximum absolute atomic E-state index is 12.9. The Balaban J connectivity index is 1.46. The molecule has 1 atom stereocenters. The molecule has 0 radical (unpaired) electrons. The van der Waals surface area contributed by atoms with Crippen LogP contribution in [0, 0.1) is 11.7 Å². The third-order valence-electron chi connectivity index (χ3n) is 5.12. The Hall–Kier alpha value is -1.91. The van der Waals surface area contributed by atoms with Crippen LogP contribution in [0.2, 0.25) is 0 Å². The third-order valence-corrected chi connectivity index (χ3v) is 5.12. The van der Waals surface area contributed by atoms with Crippen molar-refractivity contribution in [2.75, 3.05) is 13.1 Å².